The number of carboxylic acids is 1. The van der Waals surface area contributed by atoms with Crippen LogP contribution in [0.1, 0.15) is 25.3 Å². The van der Waals surface area contributed by atoms with E-state index >= 15 is 0 Å². The molecule has 20 heavy (non-hydrogen) atoms. The average Bonchev–Trinajstić information content (AvgIpc) is 2.34. The number of aliphatic carboxylic acids is 1. The summed E-state index contributed by atoms with van der Waals surface area (Å²) in [6.45, 7) is 1.96. The minimum absolute atomic E-state index is 0.0315. The number of carbonyl (C=O) groups is 2. The van der Waals surface area contributed by atoms with Crippen LogP contribution in [0.15, 0.2) is 6.07 Å². The highest BCUT2D eigenvalue weighted by molar-refractivity contribution is 14.1. The van der Waals surface area contributed by atoms with Gasteiger partial charge < -0.3 is 10.0 Å². The van der Waals surface area contributed by atoms with Crippen molar-refractivity contribution in [2.24, 2.45) is 0 Å². The predicted molar refractivity (Wildman–Crippen MR) is 104 cm³/mol. The van der Waals surface area contributed by atoms with Gasteiger partial charge in [-0.1, -0.05) is 6.92 Å². The second-order valence-electron chi connectivity index (χ2n) is 4.25. The van der Waals surface area contributed by atoms with Gasteiger partial charge in [-0.25, -0.2) is 0 Å². The lowest BCUT2D eigenvalue weighted by Crippen LogP contribution is -2.28. The summed E-state index contributed by atoms with van der Waals surface area (Å²) in [4.78, 5) is 24.7. The van der Waals surface area contributed by atoms with E-state index in [1.807, 2.05) is 13.0 Å². The molecule has 0 saturated carbocycles. The first-order chi connectivity index (χ1) is 9.29. The zero-order valence-corrected chi connectivity index (χ0v) is 17.5. The van der Waals surface area contributed by atoms with Crippen molar-refractivity contribution in [1.29, 1.82) is 0 Å². The molecule has 0 aromatic heterocycles. The van der Waals surface area contributed by atoms with E-state index in [4.69, 9.17) is 5.11 Å². The molecule has 0 heterocycles. The van der Waals surface area contributed by atoms with Crippen molar-refractivity contribution in [2.75, 3.05) is 11.9 Å². The maximum Gasteiger partial charge on any atom is 0.307 e. The largest absolute Gasteiger partial charge is 0.481 e. The molecule has 1 amide bonds. The summed E-state index contributed by atoms with van der Waals surface area (Å²) in [6.07, 6.45) is 1.25. The monoisotopic (exact) mass is 613 g/mol. The number of halogens is 3. The van der Waals surface area contributed by atoms with Crippen LogP contribution in [0.25, 0.3) is 0 Å². The highest BCUT2D eigenvalue weighted by atomic mass is 127. The van der Waals surface area contributed by atoms with E-state index in [1.54, 1.807) is 11.9 Å². The summed E-state index contributed by atoms with van der Waals surface area (Å²) in [5.41, 5.74) is 1.58. The highest BCUT2D eigenvalue weighted by Crippen LogP contribution is 2.34. The van der Waals surface area contributed by atoms with Crippen molar-refractivity contribution < 1.29 is 14.7 Å². The zero-order chi connectivity index (χ0) is 15.4. The summed E-state index contributed by atoms with van der Waals surface area (Å²) >= 11 is 6.47. The van der Waals surface area contributed by atoms with E-state index in [9.17, 15) is 9.59 Å². The van der Waals surface area contributed by atoms with E-state index in [2.05, 4.69) is 67.8 Å². The van der Waals surface area contributed by atoms with Crippen molar-refractivity contribution in [3.05, 3.63) is 22.3 Å². The number of nitrogens with zero attached hydrogens (tertiary/aromatic N) is 1. The first-order valence-corrected chi connectivity index (χ1v) is 9.17. The number of rotatable bonds is 5. The van der Waals surface area contributed by atoms with Gasteiger partial charge >= 0.3 is 5.97 Å². The van der Waals surface area contributed by atoms with Gasteiger partial charge in [-0.3, -0.25) is 9.59 Å². The Kier molecular flexibility index (Phi) is 7.46. The molecule has 1 aromatic carbocycles. The van der Waals surface area contributed by atoms with Crippen LogP contribution in [0.3, 0.4) is 0 Å². The minimum atomic E-state index is -0.865. The quantitative estimate of drug-likeness (QED) is 0.514. The molecule has 0 bridgehead atoms. The lowest BCUT2D eigenvalue weighted by Gasteiger charge is -2.22. The van der Waals surface area contributed by atoms with E-state index in [-0.39, 0.29) is 12.3 Å². The van der Waals surface area contributed by atoms with E-state index < -0.39 is 5.97 Å². The molecule has 0 spiro atoms. The molecule has 0 aliphatic rings. The summed E-state index contributed by atoms with van der Waals surface area (Å²) in [7, 11) is 1.75. The van der Waals surface area contributed by atoms with Crippen molar-refractivity contribution in [2.45, 2.75) is 26.2 Å². The van der Waals surface area contributed by atoms with Crippen molar-refractivity contribution in [3.8, 4) is 0 Å². The number of amides is 1. The van der Waals surface area contributed by atoms with Crippen molar-refractivity contribution in [3.63, 3.8) is 0 Å². The lowest BCUT2D eigenvalue weighted by atomic mass is 10.1. The fourth-order valence-electron chi connectivity index (χ4n) is 1.75. The smallest absolute Gasteiger partial charge is 0.307 e. The van der Waals surface area contributed by atoms with Crippen LogP contribution in [0.4, 0.5) is 5.69 Å². The van der Waals surface area contributed by atoms with E-state index in [0.29, 0.717) is 6.42 Å². The molecule has 1 aromatic rings. The molecule has 0 fully saturated rings. The number of hydrogen-bond donors (Lipinski definition) is 1. The number of anilines is 1. The van der Waals surface area contributed by atoms with Crippen LogP contribution in [-0.4, -0.2) is 24.0 Å². The van der Waals surface area contributed by atoms with Crippen LogP contribution in [0.2, 0.25) is 0 Å². The molecule has 0 saturated heterocycles. The maximum absolute atomic E-state index is 12.1. The molecule has 0 aliphatic carbocycles. The Morgan fingerprint density at radius 1 is 1.25 bits per heavy atom. The Labute approximate surface area is 159 Å². The van der Waals surface area contributed by atoms with E-state index in [1.165, 1.54) is 0 Å². The Morgan fingerprint density at radius 3 is 2.35 bits per heavy atom. The fraction of sp³-hybridized carbons (Fsp3) is 0.385. The third kappa shape index (κ3) is 4.42. The summed E-state index contributed by atoms with van der Waals surface area (Å²) in [5.74, 6) is -0.818. The molecule has 1 N–H and O–H groups in total. The van der Waals surface area contributed by atoms with Gasteiger partial charge in [0.2, 0.25) is 5.91 Å². The van der Waals surface area contributed by atoms with Gasteiger partial charge in [-0.15, -0.1) is 0 Å². The van der Waals surface area contributed by atoms with Crippen LogP contribution in [0.5, 0.6) is 0 Å². The predicted octanol–water partition coefficient (Wildman–Crippen LogP) is 3.89. The van der Waals surface area contributed by atoms with Crippen molar-refractivity contribution >= 4 is 85.3 Å². The Morgan fingerprint density at radius 2 is 1.85 bits per heavy atom. The van der Waals surface area contributed by atoms with Gasteiger partial charge in [-0.05, 0) is 85.8 Å². The second kappa shape index (κ2) is 8.11. The standard InChI is InChI=1S/C13H14I3NO3/c1-3-4-10(18)17(2)13-9(15)6-8(14)7(12(13)16)5-11(19)20/h6H,3-5H2,1-2H3,(H,19,20). The maximum atomic E-state index is 12.1. The molecule has 0 radical (unpaired) electrons. The van der Waals surface area contributed by atoms with Gasteiger partial charge in [0.05, 0.1) is 12.1 Å². The van der Waals surface area contributed by atoms with Gasteiger partial charge in [-0.2, -0.15) is 0 Å². The molecule has 4 nitrogen and oxygen atoms in total. The summed E-state index contributed by atoms with van der Waals surface area (Å²) in [5, 5.41) is 9.02. The van der Waals surface area contributed by atoms with Crippen LogP contribution in [-0.2, 0) is 16.0 Å². The third-order valence-electron chi connectivity index (χ3n) is 2.74. The molecular weight excluding hydrogens is 599 g/mol. The molecule has 0 aliphatic heterocycles. The number of carboxylic acid groups (broad SMARTS) is 1. The summed E-state index contributed by atoms with van der Waals surface area (Å²) < 4.78 is 2.71. The molecular formula is C13H14I3NO3. The van der Waals surface area contributed by atoms with Gasteiger partial charge in [0.25, 0.3) is 0 Å². The SMILES string of the molecule is CCCC(=O)N(C)c1c(I)cc(I)c(CC(=O)O)c1I. The van der Waals surface area contributed by atoms with Crippen LogP contribution < -0.4 is 4.90 Å². The first kappa shape index (κ1) is 18.4. The minimum Gasteiger partial charge on any atom is -0.481 e. The van der Waals surface area contributed by atoms with Gasteiger partial charge in [0.1, 0.15) is 0 Å². The lowest BCUT2D eigenvalue weighted by molar-refractivity contribution is -0.136. The number of carbonyl (C=O) groups excluding carboxylic acids is 1. The normalized spacial score (nSPS) is 10.4. The van der Waals surface area contributed by atoms with Gasteiger partial charge in [0.15, 0.2) is 0 Å². The number of benzene rings is 1. The second-order valence-corrected chi connectivity index (χ2v) is 7.66. The van der Waals surface area contributed by atoms with E-state index in [0.717, 1.165) is 28.4 Å². The van der Waals surface area contributed by atoms with Crippen molar-refractivity contribution in [1.82, 2.24) is 0 Å². The van der Waals surface area contributed by atoms with Crippen LogP contribution in [0, 0.1) is 10.7 Å². The molecule has 7 heteroatoms. The molecule has 0 atom stereocenters. The average molecular weight is 613 g/mol. The Balaban J connectivity index is 3.32. The summed E-state index contributed by atoms with van der Waals surface area (Å²) in [6, 6.07) is 1.92. The Bertz CT molecular complexity index is 546. The molecule has 110 valence electrons. The Hall–Kier alpha value is 0.350. The topological polar surface area (TPSA) is 57.6 Å². The number of hydrogen-bond acceptors (Lipinski definition) is 2. The highest BCUT2D eigenvalue weighted by Gasteiger charge is 2.21. The first-order valence-electron chi connectivity index (χ1n) is 5.94. The zero-order valence-electron chi connectivity index (χ0n) is 11.0. The molecule has 1 rings (SSSR count). The fourth-order valence-corrected chi connectivity index (χ4v) is 6.22. The molecule has 0 unspecified atom stereocenters. The van der Waals surface area contributed by atoms with Gasteiger partial charge in [0, 0.05) is 24.2 Å². The third-order valence-corrected chi connectivity index (χ3v) is 5.69. The van der Waals surface area contributed by atoms with Crippen LogP contribution >= 0.6 is 67.8 Å².